The molecule has 0 amide bonds. The van der Waals surface area contributed by atoms with Crippen molar-refractivity contribution in [2.24, 2.45) is 0 Å². The Morgan fingerprint density at radius 2 is 0.714 bits per heavy atom. The summed E-state index contributed by atoms with van der Waals surface area (Å²) in [4.78, 5) is 0. The third-order valence-electron chi connectivity index (χ3n) is 4.04. The number of hydrogen-bond donors (Lipinski definition) is 0. The Hall–Kier alpha value is -1.09. The van der Waals surface area contributed by atoms with Crippen molar-refractivity contribution >= 4 is 6.60 Å². The van der Waals surface area contributed by atoms with Crippen LogP contribution < -0.4 is 0 Å². The van der Waals surface area contributed by atoms with E-state index in [-0.39, 0.29) is 0 Å². The maximum absolute atomic E-state index is 13.7. The van der Waals surface area contributed by atoms with Crippen LogP contribution in [-0.2, 0) is 0 Å². The Kier molecular flexibility index (Phi) is 4.93. The summed E-state index contributed by atoms with van der Waals surface area (Å²) in [5.74, 6) is -10.4. The zero-order valence-corrected chi connectivity index (χ0v) is 12.7. The molecule has 19 heteroatoms. The average molecular weight is 482 g/mol. The number of alkyl halides is 16. The molecular weight excluding hydrogens is 481 g/mol. The molecule has 1 heterocycles. The van der Waals surface area contributed by atoms with Crippen molar-refractivity contribution < 1.29 is 79.0 Å². The van der Waals surface area contributed by atoms with Crippen LogP contribution in [-0.4, -0.2) is 41.4 Å². The molecule has 1 rings (SSSR count). The molecule has 0 nitrogen and oxygen atoms in total. The van der Waals surface area contributed by atoms with Gasteiger partial charge in [0.1, 0.15) is 0 Å². The molecule has 168 valence electrons. The van der Waals surface area contributed by atoms with E-state index in [1.807, 2.05) is 0 Å². The summed E-state index contributed by atoms with van der Waals surface area (Å²) in [6.07, 6.45) is -24.7. The SMILES string of the molecule is FC1=C(F)P(C(F)(F)C(F)(F)F)(C(F)(F)C(F)(F)F)(C(F)(F)C(F)(F)F)C1F. The van der Waals surface area contributed by atoms with Crippen molar-refractivity contribution in [3.63, 3.8) is 0 Å². The predicted molar refractivity (Wildman–Crippen MR) is 54.1 cm³/mol. The first-order valence-electron chi connectivity index (χ1n) is 5.87. The third-order valence-corrected chi connectivity index (χ3v) is 10.5. The minimum atomic E-state index is -11.7. The fraction of sp³-hybridized carbons (Fsp3) is 0.778. The zero-order valence-electron chi connectivity index (χ0n) is 11.8. The van der Waals surface area contributed by atoms with E-state index in [0.29, 0.717) is 0 Å². The van der Waals surface area contributed by atoms with Gasteiger partial charge in [-0.25, -0.2) is 0 Å². The van der Waals surface area contributed by atoms with Crippen molar-refractivity contribution in [1.82, 2.24) is 0 Å². The van der Waals surface area contributed by atoms with E-state index >= 15 is 0 Å². The Morgan fingerprint density at radius 1 is 0.500 bits per heavy atom. The summed E-state index contributed by atoms with van der Waals surface area (Å²) in [6.45, 7) is -11.7. The van der Waals surface area contributed by atoms with E-state index in [4.69, 9.17) is 0 Å². The van der Waals surface area contributed by atoms with Gasteiger partial charge in [-0.15, -0.1) is 0 Å². The van der Waals surface area contributed by atoms with Crippen molar-refractivity contribution in [2.45, 2.75) is 41.4 Å². The van der Waals surface area contributed by atoms with Crippen LogP contribution in [0.3, 0.4) is 0 Å². The summed E-state index contributed by atoms with van der Waals surface area (Å²) in [5, 5.41) is 0. The van der Waals surface area contributed by atoms with Crippen LogP contribution in [0.15, 0.2) is 11.4 Å². The second-order valence-electron chi connectivity index (χ2n) is 5.28. The summed E-state index contributed by atoms with van der Waals surface area (Å²) >= 11 is 0. The molecule has 1 unspecified atom stereocenters. The summed E-state index contributed by atoms with van der Waals surface area (Å²) < 4.78 is 235. The number of halogens is 18. The van der Waals surface area contributed by atoms with Gasteiger partial charge >= 0.3 is 138 Å². The van der Waals surface area contributed by atoms with Gasteiger partial charge in [0.2, 0.25) is 0 Å². The Balaban J connectivity index is 4.59. The fourth-order valence-corrected chi connectivity index (χ4v) is 8.05. The Bertz CT molecular complexity index is 620. The molecule has 0 radical (unpaired) electrons. The van der Waals surface area contributed by atoms with Gasteiger partial charge < -0.3 is 0 Å². The second-order valence-corrected chi connectivity index (χ2v) is 10.2. The van der Waals surface area contributed by atoms with Crippen LogP contribution in [0, 0.1) is 0 Å². The van der Waals surface area contributed by atoms with Crippen molar-refractivity contribution in [2.75, 3.05) is 0 Å². The normalized spacial score (nSPS) is 25.8. The molecule has 0 bridgehead atoms. The fourth-order valence-electron chi connectivity index (χ4n) is 2.70. The van der Waals surface area contributed by atoms with E-state index < -0.39 is 59.4 Å². The van der Waals surface area contributed by atoms with Crippen LogP contribution in [0.5, 0.6) is 0 Å². The molecule has 0 aliphatic carbocycles. The molecular formula is C9HF18P. The number of hydrogen-bond acceptors (Lipinski definition) is 0. The van der Waals surface area contributed by atoms with Crippen molar-refractivity contribution in [1.29, 1.82) is 0 Å². The summed E-state index contributed by atoms with van der Waals surface area (Å²) in [6, 6.07) is 0. The van der Waals surface area contributed by atoms with Crippen LogP contribution in [0.2, 0.25) is 0 Å². The molecule has 28 heavy (non-hydrogen) atoms. The molecule has 1 atom stereocenters. The molecule has 1 aliphatic rings. The standard InChI is InChI=1S/C9HF18P/c10-1-2(11)28(3(1)12,7(22,23)4(13,14)15,8(24,25)5(16,17)18)9(26,27)6(19,20)21/h2H. The molecule has 0 aromatic rings. The van der Waals surface area contributed by atoms with Gasteiger partial charge in [-0.05, 0) is 0 Å². The van der Waals surface area contributed by atoms with Crippen LogP contribution in [0.1, 0.15) is 0 Å². The molecule has 0 aromatic carbocycles. The van der Waals surface area contributed by atoms with Crippen LogP contribution >= 0.6 is 6.60 Å². The third kappa shape index (κ3) is 1.93. The van der Waals surface area contributed by atoms with E-state index in [1.165, 1.54) is 0 Å². The van der Waals surface area contributed by atoms with Crippen molar-refractivity contribution in [3.05, 3.63) is 11.4 Å². The summed E-state index contributed by atoms with van der Waals surface area (Å²) in [7, 11) is 0. The topological polar surface area (TPSA) is 0 Å². The Labute approximate surface area is 140 Å². The first kappa shape index (κ1) is 24.9. The maximum atomic E-state index is 13.7. The van der Waals surface area contributed by atoms with E-state index in [2.05, 4.69) is 0 Å². The van der Waals surface area contributed by atoms with E-state index in [1.54, 1.807) is 0 Å². The molecule has 0 saturated heterocycles. The summed E-state index contributed by atoms with van der Waals surface area (Å²) in [5.41, 5.74) is -31.3. The van der Waals surface area contributed by atoms with E-state index in [0.717, 1.165) is 0 Å². The van der Waals surface area contributed by atoms with Gasteiger partial charge in [0.05, 0.1) is 0 Å². The monoisotopic (exact) mass is 482 g/mol. The van der Waals surface area contributed by atoms with Gasteiger partial charge in [-0.3, -0.25) is 0 Å². The molecule has 0 fully saturated rings. The Morgan fingerprint density at radius 3 is 0.857 bits per heavy atom. The van der Waals surface area contributed by atoms with Crippen molar-refractivity contribution in [3.8, 4) is 0 Å². The van der Waals surface area contributed by atoms with Crippen LogP contribution in [0.4, 0.5) is 79.0 Å². The molecule has 0 spiro atoms. The molecule has 0 N–H and O–H groups in total. The zero-order chi connectivity index (χ0) is 23.2. The number of rotatable bonds is 3. The second kappa shape index (κ2) is 5.53. The molecule has 0 saturated carbocycles. The van der Waals surface area contributed by atoms with Gasteiger partial charge in [0, 0.05) is 0 Å². The quantitative estimate of drug-likeness (QED) is 0.290. The first-order valence-corrected chi connectivity index (χ1v) is 8.18. The van der Waals surface area contributed by atoms with Crippen LogP contribution in [0.25, 0.3) is 0 Å². The van der Waals surface area contributed by atoms with Gasteiger partial charge in [-0.1, -0.05) is 0 Å². The van der Waals surface area contributed by atoms with Gasteiger partial charge in [0.25, 0.3) is 0 Å². The van der Waals surface area contributed by atoms with E-state index in [9.17, 15) is 79.0 Å². The van der Waals surface area contributed by atoms with Gasteiger partial charge in [0.15, 0.2) is 0 Å². The number of allylic oxidation sites excluding steroid dienone is 1. The molecule has 1 aliphatic heterocycles. The van der Waals surface area contributed by atoms with Gasteiger partial charge in [-0.2, -0.15) is 0 Å². The predicted octanol–water partition coefficient (Wildman–Crippen LogP) is 7.42. The molecule has 0 aromatic heterocycles. The minimum absolute atomic E-state index is 4.10. The average Bonchev–Trinajstić information content (AvgIpc) is 2.43. The first-order chi connectivity index (χ1) is 11.8.